The largest absolute Gasteiger partial charge is 0.295 e. The number of carbonyl (C=O) groups excluding carboxylic acids is 1. The highest BCUT2D eigenvalue weighted by Crippen LogP contribution is 2.08. The van der Waals surface area contributed by atoms with Gasteiger partial charge in [0, 0.05) is 15.9 Å². The molecule has 0 fully saturated rings. The summed E-state index contributed by atoms with van der Waals surface area (Å²) in [4.78, 5) is 11.6. The van der Waals surface area contributed by atoms with Gasteiger partial charge in [0.25, 0.3) is 0 Å². The molecule has 0 aromatic heterocycles. The lowest BCUT2D eigenvalue weighted by Gasteiger charge is -1.97. The molecule has 1 atom stereocenters. The van der Waals surface area contributed by atoms with Crippen LogP contribution in [-0.4, -0.2) is 9.99 Å². The molecule has 0 bridgehead atoms. The van der Waals surface area contributed by atoms with Crippen LogP contribution in [0.25, 0.3) is 0 Å². The number of ketones is 1. The molecule has 0 saturated carbocycles. The van der Waals surface area contributed by atoms with Gasteiger partial charge in [0.15, 0.2) is 5.78 Å². The lowest BCUT2D eigenvalue weighted by Crippen LogP contribution is -1.94. The molecule has 0 radical (unpaired) electrons. The van der Waals surface area contributed by atoms with Gasteiger partial charge in [-0.15, -0.1) is 0 Å². The molecule has 0 amide bonds. The molecule has 74 valence electrons. The van der Waals surface area contributed by atoms with E-state index in [0.717, 1.165) is 0 Å². The van der Waals surface area contributed by atoms with Crippen LogP contribution in [0.4, 0.5) is 0 Å². The predicted molar refractivity (Wildman–Crippen MR) is 57.3 cm³/mol. The van der Waals surface area contributed by atoms with E-state index in [1.165, 1.54) is 12.3 Å². The Morgan fingerprint density at radius 2 is 1.79 bits per heavy atom. The van der Waals surface area contributed by atoms with Crippen LogP contribution in [0, 0.1) is 0 Å². The van der Waals surface area contributed by atoms with Crippen molar-refractivity contribution in [2.45, 2.75) is 18.7 Å². The van der Waals surface area contributed by atoms with Gasteiger partial charge in [-0.1, -0.05) is 18.2 Å². The molecule has 14 heavy (non-hydrogen) atoms. The van der Waals surface area contributed by atoms with Crippen molar-refractivity contribution in [3.8, 4) is 0 Å². The van der Waals surface area contributed by atoms with Crippen LogP contribution in [0.2, 0.25) is 0 Å². The first kappa shape index (κ1) is 10.9. The smallest absolute Gasteiger partial charge is 0.156 e. The van der Waals surface area contributed by atoms with Gasteiger partial charge >= 0.3 is 0 Å². The summed E-state index contributed by atoms with van der Waals surface area (Å²) in [5, 5.41) is 1.48. The molecule has 3 heteroatoms. The molecule has 1 aromatic rings. The molecular weight excluding hydrogens is 196 g/mol. The van der Waals surface area contributed by atoms with Crippen LogP contribution < -0.4 is 0 Å². The van der Waals surface area contributed by atoms with Gasteiger partial charge in [0.2, 0.25) is 0 Å². The van der Waals surface area contributed by atoms with Crippen LogP contribution in [0.1, 0.15) is 13.8 Å². The van der Waals surface area contributed by atoms with Crippen molar-refractivity contribution in [3.05, 3.63) is 41.3 Å². The van der Waals surface area contributed by atoms with Crippen LogP contribution in [-0.2, 0) is 15.6 Å². The third kappa shape index (κ3) is 2.92. The summed E-state index contributed by atoms with van der Waals surface area (Å²) < 4.78 is 11.6. The van der Waals surface area contributed by atoms with E-state index in [0.29, 0.717) is 10.5 Å². The quantitative estimate of drug-likeness (QED) is 0.714. The average Bonchev–Trinajstić information content (AvgIpc) is 2.19. The molecule has 1 aromatic carbocycles. The van der Waals surface area contributed by atoms with Crippen molar-refractivity contribution in [3.63, 3.8) is 0 Å². The molecule has 0 aliphatic rings. The van der Waals surface area contributed by atoms with Crippen molar-refractivity contribution in [1.82, 2.24) is 0 Å². The second kappa shape index (κ2) is 4.86. The van der Waals surface area contributed by atoms with Crippen molar-refractivity contribution in [1.29, 1.82) is 0 Å². The summed E-state index contributed by atoms with van der Waals surface area (Å²) in [5.41, 5.74) is 0.534. The minimum Gasteiger partial charge on any atom is -0.295 e. The minimum absolute atomic E-state index is 0.0470. The van der Waals surface area contributed by atoms with Crippen molar-refractivity contribution < 1.29 is 9.00 Å². The first-order chi connectivity index (χ1) is 6.61. The van der Waals surface area contributed by atoms with E-state index >= 15 is 0 Å². The number of carbonyl (C=O) groups is 1. The second-order valence-corrected chi connectivity index (χ2v) is 4.27. The SMILES string of the molecule is CC(=O)/C(C)=C/S(=O)c1ccccc1. The van der Waals surface area contributed by atoms with E-state index in [9.17, 15) is 9.00 Å². The van der Waals surface area contributed by atoms with Gasteiger partial charge in [-0.3, -0.25) is 4.79 Å². The Labute approximate surface area is 86.1 Å². The number of allylic oxidation sites excluding steroid dienone is 1. The van der Waals surface area contributed by atoms with Gasteiger partial charge in [-0.2, -0.15) is 0 Å². The first-order valence-electron chi connectivity index (χ1n) is 4.26. The predicted octanol–water partition coefficient (Wildman–Crippen LogP) is 2.29. The Hall–Kier alpha value is -1.22. The fourth-order valence-corrected chi connectivity index (χ4v) is 1.91. The van der Waals surface area contributed by atoms with E-state index in [-0.39, 0.29) is 5.78 Å². The molecule has 0 heterocycles. The van der Waals surface area contributed by atoms with Crippen LogP contribution >= 0.6 is 0 Å². The Morgan fingerprint density at radius 1 is 1.21 bits per heavy atom. The Bertz CT molecular complexity index is 380. The fraction of sp³-hybridized carbons (Fsp3) is 0.182. The first-order valence-corrected chi connectivity index (χ1v) is 5.47. The fourth-order valence-electron chi connectivity index (χ4n) is 0.866. The Balaban J connectivity index is 2.88. The zero-order valence-electron chi connectivity index (χ0n) is 8.19. The topological polar surface area (TPSA) is 34.1 Å². The number of hydrogen-bond donors (Lipinski definition) is 0. The third-order valence-electron chi connectivity index (χ3n) is 1.81. The average molecular weight is 208 g/mol. The molecule has 0 aliphatic carbocycles. The second-order valence-electron chi connectivity index (χ2n) is 2.97. The maximum atomic E-state index is 11.6. The van der Waals surface area contributed by atoms with E-state index in [4.69, 9.17) is 0 Å². The third-order valence-corrected chi connectivity index (χ3v) is 3.12. The van der Waals surface area contributed by atoms with E-state index in [2.05, 4.69) is 0 Å². The lowest BCUT2D eigenvalue weighted by atomic mass is 10.2. The van der Waals surface area contributed by atoms with E-state index in [1.807, 2.05) is 18.2 Å². The lowest BCUT2D eigenvalue weighted by molar-refractivity contribution is -0.113. The van der Waals surface area contributed by atoms with Gasteiger partial charge in [0.05, 0.1) is 10.8 Å². The van der Waals surface area contributed by atoms with Gasteiger partial charge in [-0.25, -0.2) is 4.21 Å². The van der Waals surface area contributed by atoms with Crippen LogP contribution in [0.3, 0.4) is 0 Å². The molecule has 0 saturated heterocycles. The summed E-state index contributed by atoms with van der Waals surface area (Å²) in [6.45, 7) is 3.14. The van der Waals surface area contributed by atoms with Crippen molar-refractivity contribution >= 4 is 16.6 Å². The molecule has 0 spiro atoms. The summed E-state index contributed by atoms with van der Waals surface area (Å²) in [6.07, 6.45) is 0. The van der Waals surface area contributed by atoms with Crippen LogP contribution in [0.15, 0.2) is 46.2 Å². The molecule has 0 aliphatic heterocycles. The molecule has 2 nitrogen and oxygen atoms in total. The normalized spacial score (nSPS) is 13.7. The zero-order valence-corrected chi connectivity index (χ0v) is 9.01. The van der Waals surface area contributed by atoms with Gasteiger partial charge < -0.3 is 0 Å². The van der Waals surface area contributed by atoms with Crippen molar-refractivity contribution in [2.75, 3.05) is 0 Å². The van der Waals surface area contributed by atoms with E-state index in [1.54, 1.807) is 19.1 Å². The monoisotopic (exact) mass is 208 g/mol. The summed E-state index contributed by atoms with van der Waals surface area (Å²) in [5.74, 6) is -0.0470. The van der Waals surface area contributed by atoms with Gasteiger partial charge in [-0.05, 0) is 26.0 Å². The standard InChI is InChI=1S/C11H12O2S/c1-9(10(2)12)8-14(13)11-6-4-3-5-7-11/h3-8H,1-2H3/b9-8+. The summed E-state index contributed by atoms with van der Waals surface area (Å²) >= 11 is 0. The number of hydrogen-bond acceptors (Lipinski definition) is 2. The number of benzene rings is 1. The molecular formula is C11H12O2S. The highest BCUT2D eigenvalue weighted by molar-refractivity contribution is 7.88. The molecule has 1 unspecified atom stereocenters. The van der Waals surface area contributed by atoms with Crippen LogP contribution in [0.5, 0.6) is 0 Å². The maximum absolute atomic E-state index is 11.6. The molecule has 0 N–H and O–H groups in total. The Morgan fingerprint density at radius 3 is 2.29 bits per heavy atom. The van der Waals surface area contributed by atoms with Crippen molar-refractivity contribution in [2.24, 2.45) is 0 Å². The maximum Gasteiger partial charge on any atom is 0.156 e. The highest BCUT2D eigenvalue weighted by atomic mass is 32.2. The van der Waals surface area contributed by atoms with E-state index < -0.39 is 10.8 Å². The number of rotatable bonds is 3. The molecule has 1 rings (SSSR count). The highest BCUT2D eigenvalue weighted by Gasteiger charge is 2.02. The Kier molecular flexibility index (Phi) is 3.77. The summed E-state index contributed by atoms with van der Waals surface area (Å²) in [6, 6.07) is 9.07. The minimum atomic E-state index is -1.22. The number of Topliss-reactive ketones (excluding diaryl/α,β-unsaturated/α-hetero) is 1. The van der Waals surface area contributed by atoms with Gasteiger partial charge in [0.1, 0.15) is 0 Å². The zero-order chi connectivity index (χ0) is 10.6. The summed E-state index contributed by atoms with van der Waals surface area (Å²) in [7, 11) is -1.22.